The zero-order chi connectivity index (χ0) is 12.0. The van der Waals surface area contributed by atoms with Gasteiger partial charge in [-0.25, -0.2) is 0 Å². The molecule has 0 fully saturated rings. The van der Waals surface area contributed by atoms with Gasteiger partial charge in [-0.1, -0.05) is 0 Å². The van der Waals surface area contributed by atoms with Crippen LogP contribution in [-0.4, -0.2) is 37.4 Å². The maximum atomic E-state index is 11.6. The molecule has 0 aliphatic rings. The third kappa shape index (κ3) is 3.92. The van der Waals surface area contributed by atoms with E-state index in [0.29, 0.717) is 25.1 Å². The first-order valence-corrected chi connectivity index (χ1v) is 6.07. The lowest BCUT2D eigenvalue weighted by Gasteiger charge is -2.09. The third-order valence-electron chi connectivity index (χ3n) is 2.22. The molecule has 16 heavy (non-hydrogen) atoms. The Balaban J connectivity index is 2.29. The molecule has 1 rings (SSSR count). The summed E-state index contributed by atoms with van der Waals surface area (Å²) in [6.07, 6.45) is -0.0168. The summed E-state index contributed by atoms with van der Waals surface area (Å²) in [6, 6.07) is 0. The van der Waals surface area contributed by atoms with E-state index in [1.54, 1.807) is 0 Å². The Morgan fingerprint density at radius 3 is 2.94 bits per heavy atom. The number of ether oxygens (including phenoxy) is 1. The third-order valence-corrected chi connectivity index (χ3v) is 3.08. The van der Waals surface area contributed by atoms with Crippen molar-refractivity contribution in [1.82, 2.24) is 5.32 Å². The molecule has 1 aromatic heterocycles. The number of carbonyl (C=O) groups excluding carboxylic acids is 1. The zero-order valence-corrected chi connectivity index (χ0v) is 10.3. The second-order valence-electron chi connectivity index (χ2n) is 3.62. The van der Waals surface area contributed by atoms with E-state index in [9.17, 15) is 9.90 Å². The summed E-state index contributed by atoms with van der Waals surface area (Å²) >= 11 is 1.51. The summed E-state index contributed by atoms with van der Waals surface area (Å²) in [5, 5.41) is 15.9. The first kappa shape index (κ1) is 13.2. The molecule has 5 heteroatoms. The highest BCUT2D eigenvalue weighted by atomic mass is 32.1. The van der Waals surface area contributed by atoms with Gasteiger partial charge in [-0.05, 0) is 24.3 Å². The van der Waals surface area contributed by atoms with Gasteiger partial charge in [0, 0.05) is 19.0 Å². The zero-order valence-electron chi connectivity index (χ0n) is 9.53. The van der Waals surface area contributed by atoms with Crippen LogP contribution in [0.3, 0.4) is 0 Å². The average Bonchev–Trinajstić information content (AvgIpc) is 2.64. The molecule has 1 atom stereocenters. The van der Waals surface area contributed by atoms with E-state index in [2.05, 4.69) is 5.32 Å². The molecule has 4 nitrogen and oxygen atoms in total. The molecule has 1 amide bonds. The van der Waals surface area contributed by atoms with Crippen LogP contribution < -0.4 is 5.32 Å². The van der Waals surface area contributed by atoms with Gasteiger partial charge in [0.05, 0.1) is 18.3 Å². The van der Waals surface area contributed by atoms with Crippen molar-refractivity contribution in [2.45, 2.75) is 19.4 Å². The second kappa shape index (κ2) is 6.62. The Hall–Kier alpha value is -0.910. The topological polar surface area (TPSA) is 58.6 Å². The normalized spacial score (nSPS) is 12.4. The molecule has 90 valence electrons. The summed E-state index contributed by atoms with van der Waals surface area (Å²) in [7, 11) is 1.54. The number of carbonyl (C=O) groups is 1. The summed E-state index contributed by atoms with van der Waals surface area (Å²) in [5.41, 5.74) is 1.70. The summed E-state index contributed by atoms with van der Waals surface area (Å²) in [6.45, 7) is 2.66. The van der Waals surface area contributed by atoms with Gasteiger partial charge in [-0.15, -0.1) is 0 Å². The van der Waals surface area contributed by atoms with E-state index >= 15 is 0 Å². The number of rotatable bonds is 6. The first-order chi connectivity index (χ1) is 7.65. The lowest BCUT2D eigenvalue weighted by molar-refractivity contribution is 0.0587. The molecular formula is C11H17NO3S. The Bertz CT molecular complexity index is 338. The highest BCUT2D eigenvalue weighted by Crippen LogP contribution is 2.13. The lowest BCUT2D eigenvalue weighted by atomic mass is 10.2. The van der Waals surface area contributed by atoms with Crippen molar-refractivity contribution < 1.29 is 14.6 Å². The molecule has 1 aromatic rings. The van der Waals surface area contributed by atoms with Crippen molar-refractivity contribution in [2.24, 2.45) is 0 Å². The Kier molecular flexibility index (Phi) is 5.45. The molecule has 0 saturated carbocycles. The van der Waals surface area contributed by atoms with Crippen molar-refractivity contribution in [1.29, 1.82) is 0 Å². The van der Waals surface area contributed by atoms with E-state index in [1.807, 2.05) is 17.7 Å². The van der Waals surface area contributed by atoms with Gasteiger partial charge < -0.3 is 15.2 Å². The van der Waals surface area contributed by atoms with Crippen LogP contribution in [0.2, 0.25) is 0 Å². The summed E-state index contributed by atoms with van der Waals surface area (Å²) in [4.78, 5) is 11.6. The quantitative estimate of drug-likeness (QED) is 0.789. The van der Waals surface area contributed by atoms with Gasteiger partial charge in [0.1, 0.15) is 0 Å². The van der Waals surface area contributed by atoms with E-state index in [-0.39, 0.29) is 5.91 Å². The van der Waals surface area contributed by atoms with Crippen LogP contribution in [0.5, 0.6) is 0 Å². The van der Waals surface area contributed by atoms with Crippen LogP contribution in [0.1, 0.15) is 22.3 Å². The monoisotopic (exact) mass is 243 g/mol. The highest BCUT2D eigenvalue weighted by molar-refractivity contribution is 7.08. The number of hydrogen-bond acceptors (Lipinski definition) is 4. The molecule has 1 unspecified atom stereocenters. The van der Waals surface area contributed by atoms with Gasteiger partial charge in [0.25, 0.3) is 5.91 Å². The van der Waals surface area contributed by atoms with E-state index in [4.69, 9.17) is 4.74 Å². The van der Waals surface area contributed by atoms with E-state index in [0.717, 1.165) is 5.56 Å². The predicted molar refractivity (Wildman–Crippen MR) is 63.9 cm³/mol. The number of hydrogen-bond donors (Lipinski definition) is 2. The minimum Gasteiger partial charge on any atom is -0.391 e. The largest absolute Gasteiger partial charge is 0.391 e. The van der Waals surface area contributed by atoms with Crippen LogP contribution in [0.15, 0.2) is 10.8 Å². The van der Waals surface area contributed by atoms with Crippen molar-refractivity contribution in [3.63, 3.8) is 0 Å². The maximum Gasteiger partial charge on any atom is 0.252 e. The fourth-order valence-corrected chi connectivity index (χ4v) is 2.14. The van der Waals surface area contributed by atoms with Crippen molar-refractivity contribution in [3.05, 3.63) is 21.9 Å². The van der Waals surface area contributed by atoms with Crippen molar-refractivity contribution in [2.75, 3.05) is 20.3 Å². The number of thiophene rings is 1. The van der Waals surface area contributed by atoms with Gasteiger partial charge in [-0.3, -0.25) is 4.79 Å². The summed E-state index contributed by atoms with van der Waals surface area (Å²) < 4.78 is 4.79. The van der Waals surface area contributed by atoms with Gasteiger partial charge >= 0.3 is 0 Å². The molecule has 2 N–H and O–H groups in total. The number of aliphatic hydroxyl groups excluding tert-OH is 1. The Labute approximate surface area is 99.2 Å². The molecule has 0 aliphatic carbocycles. The van der Waals surface area contributed by atoms with Gasteiger partial charge in [-0.2, -0.15) is 11.3 Å². The van der Waals surface area contributed by atoms with Crippen LogP contribution in [0, 0.1) is 6.92 Å². The molecule has 0 aliphatic heterocycles. The number of aryl methyl sites for hydroxylation is 1. The van der Waals surface area contributed by atoms with Gasteiger partial charge in [0.2, 0.25) is 0 Å². The number of aliphatic hydroxyl groups is 1. The minimum absolute atomic E-state index is 0.0802. The van der Waals surface area contributed by atoms with Crippen LogP contribution in [-0.2, 0) is 4.74 Å². The van der Waals surface area contributed by atoms with Crippen LogP contribution >= 0.6 is 11.3 Å². The second-order valence-corrected chi connectivity index (χ2v) is 4.37. The Morgan fingerprint density at radius 2 is 2.38 bits per heavy atom. The van der Waals surface area contributed by atoms with Crippen molar-refractivity contribution in [3.8, 4) is 0 Å². The molecule has 0 aromatic carbocycles. The van der Waals surface area contributed by atoms with Crippen LogP contribution in [0.4, 0.5) is 0 Å². The fraction of sp³-hybridized carbons (Fsp3) is 0.545. The molecule has 0 radical (unpaired) electrons. The predicted octanol–water partition coefficient (Wildman–Crippen LogP) is 1.18. The lowest BCUT2D eigenvalue weighted by Crippen LogP contribution is -2.28. The van der Waals surface area contributed by atoms with E-state index < -0.39 is 6.10 Å². The molecular weight excluding hydrogens is 226 g/mol. The maximum absolute atomic E-state index is 11.6. The smallest absolute Gasteiger partial charge is 0.252 e. The van der Waals surface area contributed by atoms with Gasteiger partial charge in [0.15, 0.2) is 0 Å². The van der Waals surface area contributed by atoms with Crippen LogP contribution in [0.25, 0.3) is 0 Å². The SMILES string of the molecule is COCC(O)CCNC(=O)c1cscc1C. The fourth-order valence-electron chi connectivity index (χ4n) is 1.32. The number of amides is 1. The Morgan fingerprint density at radius 1 is 1.62 bits per heavy atom. The molecule has 0 spiro atoms. The molecule has 0 saturated heterocycles. The first-order valence-electron chi connectivity index (χ1n) is 5.13. The molecule has 1 heterocycles. The van der Waals surface area contributed by atoms with E-state index in [1.165, 1.54) is 18.4 Å². The number of nitrogens with one attached hydrogen (secondary N) is 1. The average molecular weight is 243 g/mol. The standard InChI is InChI=1S/C11H17NO3S/c1-8-6-16-7-10(8)11(14)12-4-3-9(13)5-15-2/h6-7,9,13H,3-5H2,1-2H3,(H,12,14). The molecule has 0 bridgehead atoms. The summed E-state index contributed by atoms with van der Waals surface area (Å²) in [5.74, 6) is -0.0802. The van der Waals surface area contributed by atoms with Crippen molar-refractivity contribution >= 4 is 17.2 Å². The number of methoxy groups -OCH3 is 1. The minimum atomic E-state index is -0.520. The highest BCUT2D eigenvalue weighted by Gasteiger charge is 2.10.